The Balaban J connectivity index is 2.98. The van der Waals surface area contributed by atoms with Crippen LogP contribution in [0, 0.1) is 0 Å². The number of hydrogen-bond acceptors (Lipinski definition) is 4. The fraction of sp³-hybridized carbons (Fsp3) is 0.538. The third-order valence-electron chi connectivity index (χ3n) is 3.02. The Hall–Kier alpha value is -1.26. The number of aliphatic hydroxyl groups excluding tert-OH is 2. The predicted octanol–water partition coefficient (Wildman–Crippen LogP) is 1.05. The van der Waals surface area contributed by atoms with E-state index in [1.165, 1.54) is 0 Å². The van der Waals surface area contributed by atoms with E-state index in [2.05, 4.69) is 6.92 Å². The van der Waals surface area contributed by atoms with Crippen molar-refractivity contribution in [1.29, 1.82) is 0 Å². The first-order valence-corrected chi connectivity index (χ1v) is 5.79. The Morgan fingerprint density at radius 2 is 1.94 bits per heavy atom. The smallest absolute Gasteiger partial charge is 0.122 e. The van der Waals surface area contributed by atoms with Crippen molar-refractivity contribution in [3.8, 4) is 5.75 Å². The van der Waals surface area contributed by atoms with Crippen LogP contribution in [0.2, 0.25) is 0 Å². The highest BCUT2D eigenvalue weighted by Gasteiger charge is 2.14. The summed E-state index contributed by atoms with van der Waals surface area (Å²) in [5.41, 5.74) is 2.09. The maximum Gasteiger partial charge on any atom is 0.122 e. The number of benzene rings is 1. The molecule has 0 aliphatic heterocycles. The second-order valence-electron chi connectivity index (χ2n) is 3.98. The zero-order valence-corrected chi connectivity index (χ0v) is 10.7. The number of anilines is 1. The quantitative estimate of drug-likeness (QED) is 0.779. The van der Waals surface area contributed by atoms with E-state index in [9.17, 15) is 0 Å². The highest BCUT2D eigenvalue weighted by molar-refractivity contribution is 5.53. The van der Waals surface area contributed by atoms with E-state index in [0.717, 1.165) is 23.4 Å². The molecule has 0 amide bonds. The van der Waals surface area contributed by atoms with Gasteiger partial charge in [-0.25, -0.2) is 0 Å². The number of aryl methyl sites for hydroxylation is 1. The van der Waals surface area contributed by atoms with Gasteiger partial charge in [0.05, 0.1) is 26.4 Å². The monoisotopic (exact) mass is 239 g/mol. The normalized spacial score (nSPS) is 10.7. The molecule has 0 bridgehead atoms. The molecule has 0 saturated heterocycles. The molecule has 0 unspecified atom stereocenters. The van der Waals surface area contributed by atoms with Crippen molar-refractivity contribution in [2.45, 2.75) is 19.4 Å². The lowest BCUT2D eigenvalue weighted by Crippen LogP contribution is -2.37. The first-order valence-electron chi connectivity index (χ1n) is 5.79. The van der Waals surface area contributed by atoms with E-state index in [-0.39, 0.29) is 19.3 Å². The van der Waals surface area contributed by atoms with Crippen LogP contribution in [0.1, 0.15) is 12.5 Å². The molecule has 96 valence electrons. The lowest BCUT2D eigenvalue weighted by Gasteiger charge is -2.27. The molecule has 4 heteroatoms. The molecule has 1 rings (SSSR count). The van der Waals surface area contributed by atoms with Crippen molar-refractivity contribution in [1.82, 2.24) is 0 Å². The zero-order valence-electron chi connectivity index (χ0n) is 10.7. The minimum Gasteiger partial charge on any atom is -0.496 e. The van der Waals surface area contributed by atoms with Gasteiger partial charge in [0.15, 0.2) is 0 Å². The van der Waals surface area contributed by atoms with Crippen LogP contribution in [-0.2, 0) is 6.42 Å². The van der Waals surface area contributed by atoms with Gasteiger partial charge in [-0.3, -0.25) is 0 Å². The molecule has 0 aliphatic rings. The summed E-state index contributed by atoms with van der Waals surface area (Å²) in [7, 11) is 3.51. The predicted molar refractivity (Wildman–Crippen MR) is 68.7 cm³/mol. The molecule has 0 aromatic heterocycles. The van der Waals surface area contributed by atoms with Crippen molar-refractivity contribution in [2.75, 3.05) is 32.3 Å². The van der Waals surface area contributed by atoms with Gasteiger partial charge in [-0.15, -0.1) is 0 Å². The van der Waals surface area contributed by atoms with Crippen LogP contribution in [-0.4, -0.2) is 43.6 Å². The van der Waals surface area contributed by atoms with Gasteiger partial charge in [-0.2, -0.15) is 0 Å². The van der Waals surface area contributed by atoms with Gasteiger partial charge in [0.1, 0.15) is 5.75 Å². The molecule has 0 radical (unpaired) electrons. The van der Waals surface area contributed by atoms with Crippen molar-refractivity contribution in [3.63, 3.8) is 0 Å². The highest BCUT2D eigenvalue weighted by Crippen LogP contribution is 2.25. The SMILES string of the molecule is CCc1cc(N(C)C(CO)CO)ccc1OC. The molecule has 0 fully saturated rings. The van der Waals surface area contributed by atoms with E-state index in [0.29, 0.717) is 0 Å². The second-order valence-corrected chi connectivity index (χ2v) is 3.98. The lowest BCUT2D eigenvalue weighted by atomic mass is 10.1. The molecule has 17 heavy (non-hydrogen) atoms. The molecule has 1 aromatic carbocycles. The average molecular weight is 239 g/mol. The van der Waals surface area contributed by atoms with Gasteiger partial charge in [-0.05, 0) is 30.2 Å². The summed E-state index contributed by atoms with van der Waals surface area (Å²) < 4.78 is 5.27. The Morgan fingerprint density at radius 1 is 1.29 bits per heavy atom. The molecule has 0 heterocycles. The molecule has 0 saturated carbocycles. The molecule has 4 nitrogen and oxygen atoms in total. The number of likely N-dealkylation sites (N-methyl/N-ethyl adjacent to an activating group) is 1. The van der Waals surface area contributed by atoms with Crippen molar-refractivity contribution in [2.24, 2.45) is 0 Å². The number of hydrogen-bond donors (Lipinski definition) is 2. The summed E-state index contributed by atoms with van der Waals surface area (Å²) in [6.07, 6.45) is 0.883. The average Bonchev–Trinajstić information content (AvgIpc) is 2.39. The molecule has 2 N–H and O–H groups in total. The fourth-order valence-electron chi connectivity index (χ4n) is 1.77. The van der Waals surface area contributed by atoms with Gasteiger partial charge >= 0.3 is 0 Å². The Bertz CT molecular complexity index is 351. The van der Waals surface area contributed by atoms with Crippen molar-refractivity contribution < 1.29 is 14.9 Å². The molecule has 0 spiro atoms. The molecular formula is C13H21NO3. The van der Waals surface area contributed by atoms with Crippen molar-refractivity contribution >= 4 is 5.69 Å². The number of methoxy groups -OCH3 is 1. The maximum atomic E-state index is 9.16. The van der Waals surface area contributed by atoms with Gasteiger partial charge in [-0.1, -0.05) is 6.92 Å². The van der Waals surface area contributed by atoms with Crippen LogP contribution in [0.5, 0.6) is 5.75 Å². The highest BCUT2D eigenvalue weighted by atomic mass is 16.5. The Labute approximate surface area is 102 Å². The van der Waals surface area contributed by atoms with Crippen LogP contribution in [0.25, 0.3) is 0 Å². The van der Waals surface area contributed by atoms with Crippen LogP contribution in [0.15, 0.2) is 18.2 Å². The van der Waals surface area contributed by atoms with Crippen LogP contribution in [0.3, 0.4) is 0 Å². The van der Waals surface area contributed by atoms with Crippen LogP contribution >= 0.6 is 0 Å². The molecular weight excluding hydrogens is 218 g/mol. The summed E-state index contributed by atoms with van der Waals surface area (Å²) in [5.74, 6) is 0.870. The zero-order chi connectivity index (χ0) is 12.8. The van der Waals surface area contributed by atoms with E-state index in [1.54, 1.807) is 7.11 Å². The van der Waals surface area contributed by atoms with Gasteiger partial charge in [0.25, 0.3) is 0 Å². The Morgan fingerprint density at radius 3 is 2.41 bits per heavy atom. The third kappa shape index (κ3) is 3.11. The summed E-state index contributed by atoms with van der Waals surface area (Å²) in [5, 5.41) is 18.3. The molecule has 0 aliphatic carbocycles. The van der Waals surface area contributed by atoms with Gasteiger partial charge in [0.2, 0.25) is 0 Å². The third-order valence-corrected chi connectivity index (χ3v) is 3.02. The van der Waals surface area contributed by atoms with E-state index < -0.39 is 0 Å². The number of ether oxygens (including phenoxy) is 1. The largest absolute Gasteiger partial charge is 0.496 e. The standard InChI is InChI=1S/C13H21NO3/c1-4-10-7-11(5-6-13(10)17-3)14(2)12(8-15)9-16/h5-7,12,15-16H,4,8-9H2,1-3H3. The van der Waals surface area contributed by atoms with Gasteiger partial charge < -0.3 is 19.8 Å². The summed E-state index contributed by atoms with van der Waals surface area (Å²) >= 11 is 0. The summed E-state index contributed by atoms with van der Waals surface area (Å²) in [6, 6.07) is 5.59. The van der Waals surface area contributed by atoms with Crippen LogP contribution < -0.4 is 9.64 Å². The first kappa shape index (κ1) is 13.8. The van der Waals surface area contributed by atoms with Gasteiger partial charge in [0, 0.05) is 12.7 Å². The van der Waals surface area contributed by atoms with Crippen molar-refractivity contribution in [3.05, 3.63) is 23.8 Å². The summed E-state index contributed by atoms with van der Waals surface area (Å²) in [4.78, 5) is 1.87. The maximum absolute atomic E-state index is 9.16. The molecule has 0 atom stereocenters. The van der Waals surface area contributed by atoms with E-state index in [4.69, 9.17) is 14.9 Å². The first-order chi connectivity index (χ1) is 8.17. The number of nitrogens with zero attached hydrogens (tertiary/aromatic N) is 1. The fourth-order valence-corrected chi connectivity index (χ4v) is 1.77. The lowest BCUT2D eigenvalue weighted by molar-refractivity contribution is 0.191. The van der Waals surface area contributed by atoms with E-state index in [1.807, 2.05) is 30.1 Å². The number of aliphatic hydroxyl groups is 2. The number of rotatable bonds is 6. The van der Waals surface area contributed by atoms with E-state index >= 15 is 0 Å². The Kier molecular flexibility index (Phi) is 5.25. The minimum atomic E-state index is -0.270. The second kappa shape index (κ2) is 6.47. The summed E-state index contributed by atoms with van der Waals surface area (Å²) in [6.45, 7) is 1.93. The molecule has 1 aromatic rings. The van der Waals surface area contributed by atoms with Crippen LogP contribution in [0.4, 0.5) is 5.69 Å². The topological polar surface area (TPSA) is 52.9 Å². The minimum absolute atomic E-state index is 0.0690.